The molecule has 0 bridgehead atoms. The van der Waals surface area contributed by atoms with E-state index in [1.807, 2.05) is 31.4 Å². The van der Waals surface area contributed by atoms with Crippen molar-refractivity contribution < 1.29 is 14.7 Å². The molecule has 1 saturated heterocycles. The standard InChI is InChI=1S/C29H32N4O3S/c1-18(2)15-29(27(35)36)16-22(23-14-19(17-30)10-11-31-23)24(25-32-12-13-37-25)33(29)26(34)20-6-8-21(9-7-20)28(3,4)5/h6-14,18,22,24H,15-16H2,1-5H3,(H,35,36)/t22-,24-,29+/m1/s1. The molecular weight excluding hydrogens is 484 g/mol. The van der Waals surface area contributed by atoms with Gasteiger partial charge in [0.2, 0.25) is 0 Å². The summed E-state index contributed by atoms with van der Waals surface area (Å²) in [5.41, 5.74) is 1.01. The van der Waals surface area contributed by atoms with Crippen molar-refractivity contribution >= 4 is 23.2 Å². The van der Waals surface area contributed by atoms with Gasteiger partial charge in [-0.15, -0.1) is 11.3 Å². The summed E-state index contributed by atoms with van der Waals surface area (Å²) < 4.78 is 0. The van der Waals surface area contributed by atoms with Crippen LogP contribution in [0.4, 0.5) is 0 Å². The molecule has 1 N–H and O–H groups in total. The average molecular weight is 517 g/mol. The number of likely N-dealkylation sites (tertiary alicyclic amines) is 1. The molecule has 0 radical (unpaired) electrons. The van der Waals surface area contributed by atoms with Crippen LogP contribution in [0.15, 0.2) is 54.2 Å². The highest BCUT2D eigenvalue weighted by molar-refractivity contribution is 7.09. The van der Waals surface area contributed by atoms with Crippen LogP contribution >= 0.6 is 11.3 Å². The molecular formula is C29H32N4O3S. The fraction of sp³-hybridized carbons (Fsp3) is 0.414. The van der Waals surface area contributed by atoms with Crippen molar-refractivity contribution in [1.29, 1.82) is 5.26 Å². The smallest absolute Gasteiger partial charge is 0.329 e. The van der Waals surface area contributed by atoms with Crippen molar-refractivity contribution in [3.8, 4) is 6.07 Å². The van der Waals surface area contributed by atoms with Crippen LogP contribution in [-0.4, -0.2) is 37.4 Å². The first-order valence-electron chi connectivity index (χ1n) is 12.4. The molecule has 0 saturated carbocycles. The van der Waals surface area contributed by atoms with Crippen molar-refractivity contribution in [3.05, 3.63) is 81.6 Å². The van der Waals surface area contributed by atoms with E-state index in [1.54, 1.807) is 41.6 Å². The molecule has 8 heteroatoms. The first-order valence-corrected chi connectivity index (χ1v) is 13.3. The molecule has 2 aromatic heterocycles. The van der Waals surface area contributed by atoms with Crippen LogP contribution in [0, 0.1) is 17.2 Å². The second-order valence-corrected chi connectivity index (χ2v) is 12.1. The fourth-order valence-corrected chi connectivity index (χ4v) is 6.17. The van der Waals surface area contributed by atoms with Gasteiger partial charge in [0.25, 0.3) is 5.91 Å². The molecule has 1 amide bonds. The maximum absolute atomic E-state index is 14.3. The predicted octanol–water partition coefficient (Wildman–Crippen LogP) is 5.95. The number of rotatable bonds is 6. The maximum atomic E-state index is 14.3. The zero-order valence-electron chi connectivity index (χ0n) is 21.8. The molecule has 3 aromatic rings. The molecule has 1 aliphatic rings. The molecule has 3 atom stereocenters. The topological polar surface area (TPSA) is 107 Å². The normalized spacial score (nSPS) is 21.7. The van der Waals surface area contributed by atoms with Crippen molar-refractivity contribution in [2.75, 3.05) is 0 Å². The Balaban J connectivity index is 1.91. The summed E-state index contributed by atoms with van der Waals surface area (Å²) in [4.78, 5) is 38.0. The van der Waals surface area contributed by atoms with E-state index < -0.39 is 23.5 Å². The van der Waals surface area contributed by atoms with Crippen LogP contribution in [0.5, 0.6) is 0 Å². The van der Waals surface area contributed by atoms with Gasteiger partial charge >= 0.3 is 5.97 Å². The Hall–Kier alpha value is -3.57. The van der Waals surface area contributed by atoms with E-state index in [-0.39, 0.29) is 30.1 Å². The lowest BCUT2D eigenvalue weighted by molar-refractivity contribution is -0.150. The first-order chi connectivity index (χ1) is 17.5. The number of pyridine rings is 1. The third-order valence-electron chi connectivity index (χ3n) is 7.03. The van der Waals surface area contributed by atoms with Gasteiger partial charge in [-0.2, -0.15) is 5.26 Å². The van der Waals surface area contributed by atoms with E-state index in [0.717, 1.165) is 5.56 Å². The van der Waals surface area contributed by atoms with Gasteiger partial charge in [-0.25, -0.2) is 9.78 Å². The van der Waals surface area contributed by atoms with Gasteiger partial charge in [-0.3, -0.25) is 9.78 Å². The van der Waals surface area contributed by atoms with Gasteiger partial charge in [-0.1, -0.05) is 46.8 Å². The van der Waals surface area contributed by atoms with Crippen molar-refractivity contribution in [1.82, 2.24) is 14.9 Å². The van der Waals surface area contributed by atoms with Crippen LogP contribution in [0.25, 0.3) is 0 Å². The Bertz CT molecular complexity index is 1320. The van der Waals surface area contributed by atoms with Crippen LogP contribution in [0.3, 0.4) is 0 Å². The third-order valence-corrected chi connectivity index (χ3v) is 7.88. The molecule has 1 aliphatic heterocycles. The minimum absolute atomic E-state index is 0.0174. The van der Waals surface area contributed by atoms with E-state index in [0.29, 0.717) is 21.8 Å². The third kappa shape index (κ3) is 5.01. The number of nitrogens with zero attached hydrogens (tertiary/aromatic N) is 4. The Morgan fingerprint density at radius 3 is 2.43 bits per heavy atom. The largest absolute Gasteiger partial charge is 0.479 e. The summed E-state index contributed by atoms with van der Waals surface area (Å²) in [6.07, 6.45) is 3.69. The number of benzene rings is 1. The number of aromatic nitrogens is 2. The Morgan fingerprint density at radius 1 is 1.19 bits per heavy atom. The Morgan fingerprint density at radius 2 is 1.89 bits per heavy atom. The molecule has 0 aliphatic carbocycles. The number of aliphatic carboxylic acids is 1. The van der Waals surface area contributed by atoms with Gasteiger partial charge in [-0.05, 0) is 54.0 Å². The minimum atomic E-state index is -1.46. The van der Waals surface area contributed by atoms with E-state index in [1.165, 1.54) is 11.3 Å². The molecule has 7 nitrogen and oxygen atoms in total. The number of nitriles is 1. The lowest BCUT2D eigenvalue weighted by Crippen LogP contribution is -2.54. The number of carbonyl (C=O) groups excluding carboxylic acids is 1. The van der Waals surface area contributed by atoms with Crippen molar-refractivity contribution in [3.63, 3.8) is 0 Å². The van der Waals surface area contributed by atoms with Crippen LogP contribution < -0.4 is 0 Å². The van der Waals surface area contributed by atoms with Crippen molar-refractivity contribution in [2.45, 2.75) is 70.4 Å². The lowest BCUT2D eigenvalue weighted by atomic mass is 9.82. The second-order valence-electron chi connectivity index (χ2n) is 11.1. The molecule has 37 heavy (non-hydrogen) atoms. The molecule has 192 valence electrons. The SMILES string of the molecule is CC(C)C[C@@]1(C(=O)O)C[C@H](c2cc(C#N)ccn2)[C@H](c2nccs2)N1C(=O)c1ccc(C(C)(C)C)cc1. The van der Waals surface area contributed by atoms with Gasteiger partial charge in [0, 0.05) is 34.9 Å². The highest BCUT2D eigenvalue weighted by atomic mass is 32.1. The second kappa shape index (κ2) is 10.1. The monoisotopic (exact) mass is 516 g/mol. The van der Waals surface area contributed by atoms with E-state index >= 15 is 0 Å². The Kier molecular flexibility index (Phi) is 7.20. The number of carboxylic acids is 1. The summed E-state index contributed by atoms with van der Waals surface area (Å²) in [5.74, 6) is -1.81. The number of hydrogen-bond donors (Lipinski definition) is 1. The number of thiazole rings is 1. The molecule has 4 rings (SSSR count). The van der Waals surface area contributed by atoms with Crippen LogP contribution in [-0.2, 0) is 10.2 Å². The fourth-order valence-electron chi connectivity index (χ4n) is 5.38. The quantitative estimate of drug-likeness (QED) is 0.434. The summed E-state index contributed by atoms with van der Waals surface area (Å²) in [6.45, 7) is 10.2. The zero-order valence-corrected chi connectivity index (χ0v) is 22.6. The molecule has 0 spiro atoms. The minimum Gasteiger partial charge on any atom is -0.479 e. The van der Waals surface area contributed by atoms with Gasteiger partial charge < -0.3 is 10.0 Å². The molecule has 1 aromatic carbocycles. The van der Waals surface area contributed by atoms with E-state index in [4.69, 9.17) is 0 Å². The summed E-state index contributed by atoms with van der Waals surface area (Å²) in [6, 6.07) is 12.3. The first kappa shape index (κ1) is 26.5. The number of carbonyl (C=O) groups is 2. The summed E-state index contributed by atoms with van der Waals surface area (Å²) in [5, 5.41) is 22.7. The van der Waals surface area contributed by atoms with Crippen LogP contribution in [0.2, 0.25) is 0 Å². The molecule has 1 fully saturated rings. The zero-order chi connectivity index (χ0) is 27.0. The number of hydrogen-bond acceptors (Lipinski definition) is 6. The Labute approximate surface area is 221 Å². The highest BCUT2D eigenvalue weighted by Crippen LogP contribution is 2.54. The van der Waals surface area contributed by atoms with Gasteiger partial charge in [0.1, 0.15) is 10.5 Å². The van der Waals surface area contributed by atoms with E-state index in [2.05, 4.69) is 36.8 Å². The highest BCUT2D eigenvalue weighted by Gasteiger charge is 2.60. The average Bonchev–Trinajstić information content (AvgIpc) is 3.49. The van der Waals surface area contributed by atoms with Crippen molar-refractivity contribution in [2.24, 2.45) is 5.92 Å². The lowest BCUT2D eigenvalue weighted by Gasteiger charge is -2.38. The van der Waals surface area contributed by atoms with E-state index in [9.17, 15) is 20.0 Å². The summed E-state index contributed by atoms with van der Waals surface area (Å²) in [7, 11) is 0. The number of amides is 1. The number of carboxylic acid groups (broad SMARTS) is 1. The molecule has 3 heterocycles. The predicted molar refractivity (Wildman–Crippen MR) is 142 cm³/mol. The van der Waals surface area contributed by atoms with Gasteiger partial charge in [0.05, 0.1) is 17.7 Å². The summed E-state index contributed by atoms with van der Waals surface area (Å²) >= 11 is 1.39. The maximum Gasteiger partial charge on any atom is 0.329 e. The molecule has 0 unspecified atom stereocenters. The van der Waals surface area contributed by atoms with Gasteiger partial charge in [0.15, 0.2) is 0 Å². The van der Waals surface area contributed by atoms with Crippen LogP contribution in [0.1, 0.15) is 91.6 Å².